The fraction of sp³-hybridized carbons (Fsp3) is 0.364. The van der Waals surface area contributed by atoms with Crippen molar-refractivity contribution >= 4 is 29.3 Å². The van der Waals surface area contributed by atoms with Gasteiger partial charge < -0.3 is 14.8 Å². The van der Waals surface area contributed by atoms with Crippen LogP contribution in [0.15, 0.2) is 18.2 Å². The van der Waals surface area contributed by atoms with Crippen LogP contribution in [0.25, 0.3) is 0 Å². The van der Waals surface area contributed by atoms with E-state index in [1.165, 1.54) is 6.07 Å². The van der Waals surface area contributed by atoms with Crippen LogP contribution in [-0.2, 0) is 9.53 Å². The molecular formula is C11H14ClFN2O4. The number of alkyl halides is 1. The lowest BCUT2D eigenvalue weighted by Gasteiger charge is -1.98. The van der Waals surface area contributed by atoms with Gasteiger partial charge in [-0.15, -0.1) is 11.6 Å². The van der Waals surface area contributed by atoms with Gasteiger partial charge in [0.15, 0.2) is 0 Å². The fourth-order valence-corrected chi connectivity index (χ4v) is 1.11. The van der Waals surface area contributed by atoms with Gasteiger partial charge in [-0.2, -0.15) is 4.39 Å². The summed E-state index contributed by atoms with van der Waals surface area (Å²) >= 11 is 5.20. The molecule has 0 unspecified atom stereocenters. The van der Waals surface area contributed by atoms with Crippen LogP contribution in [-0.4, -0.2) is 37.4 Å². The van der Waals surface area contributed by atoms with Crippen LogP contribution in [0.4, 0.5) is 15.8 Å². The minimum Gasteiger partial charge on any atom is -0.388 e. The van der Waals surface area contributed by atoms with E-state index in [9.17, 15) is 19.3 Å². The van der Waals surface area contributed by atoms with E-state index in [-0.39, 0.29) is 6.61 Å². The van der Waals surface area contributed by atoms with Crippen molar-refractivity contribution in [3.63, 3.8) is 0 Å². The molecule has 1 N–H and O–H groups in total. The summed E-state index contributed by atoms with van der Waals surface area (Å²) in [6, 6.07) is 3.65. The van der Waals surface area contributed by atoms with Crippen molar-refractivity contribution in [1.82, 2.24) is 0 Å². The molecule has 0 spiro atoms. The smallest absolute Gasteiger partial charge is 0.304 e. The number of anilines is 1. The molecule has 0 aliphatic heterocycles. The molecule has 0 aliphatic rings. The summed E-state index contributed by atoms with van der Waals surface area (Å²) in [6.45, 7) is 0.618. The van der Waals surface area contributed by atoms with Crippen LogP contribution in [0.3, 0.4) is 0 Å². The number of hydrogen-bond acceptors (Lipinski definition) is 5. The van der Waals surface area contributed by atoms with E-state index >= 15 is 0 Å². The second-order valence-corrected chi connectivity index (χ2v) is 3.48. The van der Waals surface area contributed by atoms with Gasteiger partial charge in [0, 0.05) is 30.7 Å². The van der Waals surface area contributed by atoms with Gasteiger partial charge in [-0.1, -0.05) is 0 Å². The Labute approximate surface area is 114 Å². The predicted molar refractivity (Wildman–Crippen MR) is 70.2 cm³/mol. The molecule has 0 aromatic heterocycles. The molecule has 0 saturated carbocycles. The van der Waals surface area contributed by atoms with Crippen molar-refractivity contribution in [3.8, 4) is 0 Å². The number of benzene rings is 1. The molecule has 0 saturated heterocycles. The number of hydrogen-bond donors (Lipinski definition) is 1. The highest BCUT2D eigenvalue weighted by Crippen LogP contribution is 2.19. The van der Waals surface area contributed by atoms with Crippen molar-refractivity contribution in [2.45, 2.75) is 0 Å². The zero-order chi connectivity index (χ0) is 14.7. The van der Waals surface area contributed by atoms with E-state index in [4.69, 9.17) is 11.6 Å². The number of nitrogens with one attached hydrogen (secondary N) is 1. The summed E-state index contributed by atoms with van der Waals surface area (Å²) in [5, 5.41) is 12.8. The van der Waals surface area contributed by atoms with Crippen molar-refractivity contribution in [2.75, 3.05) is 31.5 Å². The second kappa shape index (κ2) is 10.2. The Morgan fingerprint density at radius 3 is 2.68 bits per heavy atom. The second-order valence-electron chi connectivity index (χ2n) is 3.10. The van der Waals surface area contributed by atoms with E-state index in [1.807, 2.05) is 0 Å². The molecule has 1 aromatic carbocycles. The van der Waals surface area contributed by atoms with Crippen molar-refractivity contribution in [3.05, 3.63) is 34.1 Å². The van der Waals surface area contributed by atoms with E-state index < -0.39 is 16.4 Å². The largest absolute Gasteiger partial charge is 0.388 e. The van der Waals surface area contributed by atoms with Crippen LogP contribution in [0.5, 0.6) is 0 Å². The number of halogens is 2. The standard InChI is InChI=1S/C7H7FN2O2.C4H7ClO2/c1-9-5-2-3-7(10(11)12)6(8)4-5;5-1-3-7-4-2-6/h2-4,9H,1H3;2H,1,3-4H2. The quantitative estimate of drug-likeness (QED) is 0.286. The fourth-order valence-electron chi connectivity index (χ4n) is 0.996. The van der Waals surface area contributed by atoms with Crippen molar-refractivity contribution < 1.29 is 18.8 Å². The summed E-state index contributed by atoms with van der Waals surface area (Å²) < 4.78 is 17.4. The highest BCUT2D eigenvalue weighted by atomic mass is 35.5. The molecule has 6 nitrogen and oxygen atoms in total. The van der Waals surface area contributed by atoms with Gasteiger partial charge in [-0.25, -0.2) is 0 Å². The normalized spacial score (nSPS) is 9.21. The third kappa shape index (κ3) is 7.32. The van der Waals surface area contributed by atoms with Crippen LogP contribution < -0.4 is 5.32 Å². The van der Waals surface area contributed by atoms with Crippen molar-refractivity contribution in [2.24, 2.45) is 0 Å². The topological polar surface area (TPSA) is 81.5 Å². The van der Waals surface area contributed by atoms with E-state index in [0.717, 1.165) is 12.1 Å². The maximum absolute atomic E-state index is 12.8. The molecule has 0 aliphatic carbocycles. The summed E-state index contributed by atoms with van der Waals surface area (Å²) in [7, 11) is 1.61. The molecule has 8 heteroatoms. The predicted octanol–water partition coefficient (Wildman–Crippen LogP) is 2.22. The first-order valence-electron chi connectivity index (χ1n) is 5.25. The van der Waals surface area contributed by atoms with Crippen LogP contribution in [0.1, 0.15) is 0 Å². The Kier molecular flexibility index (Phi) is 9.29. The lowest BCUT2D eigenvalue weighted by Crippen LogP contribution is -1.97. The third-order valence-electron chi connectivity index (χ3n) is 1.84. The highest BCUT2D eigenvalue weighted by molar-refractivity contribution is 6.17. The third-order valence-corrected chi connectivity index (χ3v) is 1.99. The number of nitro groups is 1. The molecule has 0 amide bonds. The highest BCUT2D eigenvalue weighted by Gasteiger charge is 2.12. The first-order chi connectivity index (χ1) is 9.06. The zero-order valence-electron chi connectivity index (χ0n) is 10.3. The van der Waals surface area contributed by atoms with Gasteiger partial charge in [0.05, 0.1) is 11.5 Å². The van der Waals surface area contributed by atoms with E-state index in [1.54, 1.807) is 7.05 Å². The molecule has 0 bridgehead atoms. The molecule has 0 fully saturated rings. The first kappa shape index (κ1) is 17.3. The van der Waals surface area contributed by atoms with Gasteiger partial charge in [0.1, 0.15) is 12.9 Å². The number of ether oxygens (including phenoxy) is 1. The lowest BCUT2D eigenvalue weighted by molar-refractivity contribution is -0.387. The first-order valence-corrected chi connectivity index (χ1v) is 5.79. The Morgan fingerprint density at radius 1 is 1.58 bits per heavy atom. The van der Waals surface area contributed by atoms with Crippen molar-refractivity contribution in [1.29, 1.82) is 0 Å². The molecular weight excluding hydrogens is 279 g/mol. The number of carbonyl (C=O) groups excluding carboxylic acids is 1. The Bertz CT molecular complexity index is 418. The summed E-state index contributed by atoms with van der Waals surface area (Å²) in [5.74, 6) is -0.375. The number of aldehydes is 1. The van der Waals surface area contributed by atoms with Crippen LogP contribution in [0, 0.1) is 15.9 Å². The molecule has 19 heavy (non-hydrogen) atoms. The van der Waals surface area contributed by atoms with E-state index in [2.05, 4.69) is 10.1 Å². The minimum atomic E-state index is -0.827. The van der Waals surface area contributed by atoms with Gasteiger partial charge in [-0.3, -0.25) is 10.1 Å². The van der Waals surface area contributed by atoms with Gasteiger partial charge >= 0.3 is 5.69 Å². The summed E-state index contributed by atoms with van der Waals surface area (Å²) in [5.41, 5.74) is 0.00657. The van der Waals surface area contributed by atoms with Gasteiger partial charge in [-0.05, 0) is 6.07 Å². The number of nitro benzene ring substituents is 1. The average molecular weight is 293 g/mol. The summed E-state index contributed by atoms with van der Waals surface area (Å²) in [6.07, 6.45) is 0.701. The number of nitrogens with zero attached hydrogens (tertiary/aromatic N) is 1. The molecule has 0 atom stereocenters. The Hall–Kier alpha value is -1.73. The Balaban J connectivity index is 0.000000399. The SMILES string of the molecule is CNc1ccc([N+](=O)[O-])c(F)c1.O=CCOCCCl. The van der Waals surface area contributed by atoms with Gasteiger partial charge in [0.2, 0.25) is 5.82 Å². The monoisotopic (exact) mass is 292 g/mol. The minimum absolute atomic E-state index is 0.159. The average Bonchev–Trinajstić information content (AvgIpc) is 2.39. The van der Waals surface area contributed by atoms with Crippen LogP contribution in [0.2, 0.25) is 0 Å². The molecule has 1 aromatic rings. The maximum atomic E-state index is 12.8. The maximum Gasteiger partial charge on any atom is 0.304 e. The lowest BCUT2D eigenvalue weighted by atomic mass is 10.3. The molecule has 0 radical (unpaired) electrons. The number of rotatable bonds is 6. The van der Waals surface area contributed by atoms with E-state index in [0.29, 0.717) is 24.5 Å². The molecule has 106 valence electrons. The molecule has 0 heterocycles. The number of carbonyl (C=O) groups is 1. The molecule has 1 rings (SSSR count). The zero-order valence-corrected chi connectivity index (χ0v) is 11.0. The summed E-state index contributed by atoms with van der Waals surface area (Å²) in [4.78, 5) is 18.9. The van der Waals surface area contributed by atoms with Gasteiger partial charge in [0.25, 0.3) is 0 Å². The Morgan fingerprint density at radius 2 is 2.26 bits per heavy atom. The van der Waals surface area contributed by atoms with Crippen LogP contribution >= 0.6 is 11.6 Å².